The first-order valence-corrected chi connectivity index (χ1v) is 5.04. The second-order valence-corrected chi connectivity index (χ2v) is 3.46. The molecule has 15 heavy (non-hydrogen) atoms. The molecular formula is C12H13N2O. The summed E-state index contributed by atoms with van der Waals surface area (Å²) >= 11 is 0. The third-order valence-corrected chi connectivity index (χ3v) is 2.22. The van der Waals surface area contributed by atoms with Crippen molar-refractivity contribution < 1.29 is 4.52 Å². The van der Waals surface area contributed by atoms with E-state index >= 15 is 0 Å². The molecule has 1 radical (unpaired) electrons. The van der Waals surface area contributed by atoms with Gasteiger partial charge in [0.05, 0.1) is 0 Å². The number of hydrogen-bond donors (Lipinski definition) is 0. The zero-order valence-electron chi connectivity index (χ0n) is 8.73. The van der Waals surface area contributed by atoms with Crippen molar-refractivity contribution >= 4 is 0 Å². The minimum Gasteiger partial charge on any atom is -0.339 e. The summed E-state index contributed by atoms with van der Waals surface area (Å²) in [6, 6.07) is 8.21. The summed E-state index contributed by atoms with van der Waals surface area (Å²) in [5.41, 5.74) is 2.30. The van der Waals surface area contributed by atoms with Crippen LogP contribution in [0.1, 0.15) is 24.8 Å². The van der Waals surface area contributed by atoms with Gasteiger partial charge in [-0.25, -0.2) is 0 Å². The van der Waals surface area contributed by atoms with Crippen molar-refractivity contribution in [2.24, 2.45) is 0 Å². The molecule has 0 aliphatic heterocycles. The van der Waals surface area contributed by atoms with Crippen LogP contribution >= 0.6 is 0 Å². The first kappa shape index (κ1) is 9.90. The summed E-state index contributed by atoms with van der Waals surface area (Å²) in [6.07, 6.45) is 2.26. The highest BCUT2D eigenvalue weighted by Crippen LogP contribution is 2.16. The molecule has 0 fully saturated rings. The second kappa shape index (κ2) is 4.26. The molecule has 1 aromatic heterocycles. The number of nitrogens with zero attached hydrogens (tertiary/aromatic N) is 2. The molecular weight excluding hydrogens is 188 g/mol. The molecule has 0 aliphatic rings. The molecule has 1 aromatic carbocycles. The third-order valence-electron chi connectivity index (χ3n) is 2.22. The summed E-state index contributed by atoms with van der Waals surface area (Å²) in [7, 11) is 0. The van der Waals surface area contributed by atoms with Crippen molar-refractivity contribution in [2.75, 3.05) is 0 Å². The van der Waals surface area contributed by atoms with Gasteiger partial charge in [0.2, 0.25) is 11.7 Å². The summed E-state index contributed by atoms with van der Waals surface area (Å²) < 4.78 is 4.82. The molecule has 0 amide bonds. The van der Waals surface area contributed by atoms with Crippen molar-refractivity contribution in [2.45, 2.75) is 19.8 Å². The highest BCUT2D eigenvalue weighted by molar-refractivity contribution is 5.54. The Morgan fingerprint density at radius 2 is 2.00 bits per heavy atom. The topological polar surface area (TPSA) is 38.9 Å². The van der Waals surface area contributed by atoms with Crippen LogP contribution in [0.3, 0.4) is 0 Å². The normalized spacial score (nSPS) is 10.5. The lowest BCUT2D eigenvalue weighted by molar-refractivity contribution is 0.405. The van der Waals surface area contributed by atoms with Gasteiger partial charge in [-0.15, -0.1) is 0 Å². The zero-order chi connectivity index (χ0) is 10.7. The number of aryl methyl sites for hydroxylation is 1. The van der Waals surface area contributed by atoms with Crippen molar-refractivity contribution in [3.8, 4) is 11.4 Å². The lowest BCUT2D eigenvalue weighted by atomic mass is 10.1. The Balaban J connectivity index is 2.23. The largest absolute Gasteiger partial charge is 0.339 e. The number of rotatable bonds is 3. The number of hydrogen-bond acceptors (Lipinski definition) is 3. The predicted molar refractivity (Wildman–Crippen MR) is 58.2 cm³/mol. The quantitative estimate of drug-likeness (QED) is 0.766. The maximum atomic E-state index is 4.82. The second-order valence-electron chi connectivity index (χ2n) is 3.46. The van der Waals surface area contributed by atoms with Crippen LogP contribution in [0.25, 0.3) is 11.4 Å². The Hall–Kier alpha value is -1.64. The van der Waals surface area contributed by atoms with Gasteiger partial charge in [-0.1, -0.05) is 42.8 Å². The van der Waals surface area contributed by atoms with E-state index in [1.165, 1.54) is 5.56 Å². The van der Waals surface area contributed by atoms with Gasteiger partial charge in [-0.05, 0) is 12.0 Å². The smallest absolute Gasteiger partial charge is 0.227 e. The van der Waals surface area contributed by atoms with E-state index in [2.05, 4.69) is 36.1 Å². The molecule has 0 bridgehead atoms. The predicted octanol–water partition coefficient (Wildman–Crippen LogP) is 2.87. The summed E-state index contributed by atoms with van der Waals surface area (Å²) in [5, 5.41) is 3.81. The molecule has 0 N–H and O–H groups in total. The molecule has 2 aromatic rings. The van der Waals surface area contributed by atoms with Gasteiger partial charge in [-0.2, -0.15) is 4.98 Å². The molecule has 0 saturated heterocycles. The number of aromatic nitrogens is 2. The van der Waals surface area contributed by atoms with Crippen LogP contribution in [-0.2, 0) is 6.42 Å². The summed E-state index contributed by atoms with van der Waals surface area (Å²) in [4.78, 5) is 4.07. The van der Waals surface area contributed by atoms with E-state index in [-0.39, 0.29) is 0 Å². The first-order chi connectivity index (χ1) is 7.29. The maximum absolute atomic E-state index is 4.82. The molecule has 3 nitrogen and oxygen atoms in total. The van der Waals surface area contributed by atoms with Gasteiger partial charge in [0.1, 0.15) is 0 Å². The average molecular weight is 201 g/mol. The van der Waals surface area contributed by atoms with E-state index in [0.29, 0.717) is 11.7 Å². The van der Waals surface area contributed by atoms with Crippen LogP contribution in [0.5, 0.6) is 0 Å². The molecule has 0 saturated carbocycles. The first-order valence-electron chi connectivity index (χ1n) is 5.04. The standard InChI is InChI=1S/C12H13N2O/c1-3-4-10-5-7-11(8-6-10)12-13-9(2)15-14-12/h5-8H,2-4H2,1H3. The van der Waals surface area contributed by atoms with Gasteiger partial charge in [0.25, 0.3) is 0 Å². The van der Waals surface area contributed by atoms with Crippen LogP contribution in [0.4, 0.5) is 0 Å². The summed E-state index contributed by atoms with van der Waals surface area (Å²) in [6.45, 7) is 5.74. The van der Waals surface area contributed by atoms with Crippen molar-refractivity contribution in [3.63, 3.8) is 0 Å². The van der Waals surface area contributed by atoms with Crippen LogP contribution < -0.4 is 0 Å². The Morgan fingerprint density at radius 1 is 1.27 bits per heavy atom. The monoisotopic (exact) mass is 201 g/mol. The van der Waals surface area contributed by atoms with Gasteiger partial charge in [0, 0.05) is 12.5 Å². The van der Waals surface area contributed by atoms with E-state index in [1.54, 1.807) is 0 Å². The molecule has 0 aliphatic carbocycles. The lowest BCUT2D eigenvalue weighted by Crippen LogP contribution is -1.84. The SMILES string of the molecule is [CH2]c1nc(-c2ccc(CCC)cc2)no1. The van der Waals surface area contributed by atoms with Crippen LogP contribution in [-0.4, -0.2) is 10.1 Å². The van der Waals surface area contributed by atoms with E-state index in [9.17, 15) is 0 Å². The fourth-order valence-corrected chi connectivity index (χ4v) is 1.48. The van der Waals surface area contributed by atoms with Crippen molar-refractivity contribution in [1.82, 2.24) is 10.1 Å². The number of benzene rings is 1. The fourth-order valence-electron chi connectivity index (χ4n) is 1.48. The molecule has 77 valence electrons. The molecule has 2 rings (SSSR count). The van der Waals surface area contributed by atoms with Gasteiger partial charge < -0.3 is 4.52 Å². The van der Waals surface area contributed by atoms with Crippen molar-refractivity contribution in [1.29, 1.82) is 0 Å². The molecule has 0 atom stereocenters. The average Bonchev–Trinajstić information content (AvgIpc) is 2.67. The Labute approximate surface area is 89.1 Å². The van der Waals surface area contributed by atoms with E-state index < -0.39 is 0 Å². The maximum Gasteiger partial charge on any atom is 0.227 e. The Bertz CT molecular complexity index is 431. The molecule has 0 spiro atoms. The zero-order valence-corrected chi connectivity index (χ0v) is 8.73. The van der Waals surface area contributed by atoms with E-state index in [1.807, 2.05) is 12.1 Å². The lowest BCUT2D eigenvalue weighted by Gasteiger charge is -1.98. The van der Waals surface area contributed by atoms with Gasteiger partial charge >= 0.3 is 0 Å². The highest BCUT2D eigenvalue weighted by Gasteiger charge is 2.04. The summed E-state index contributed by atoms with van der Waals surface area (Å²) in [5.74, 6) is 0.950. The van der Waals surface area contributed by atoms with Crippen LogP contribution in [0.2, 0.25) is 0 Å². The third kappa shape index (κ3) is 2.24. The highest BCUT2D eigenvalue weighted by atomic mass is 16.5. The minimum atomic E-state index is 0.350. The fraction of sp³-hybridized carbons (Fsp3) is 0.250. The molecule has 0 unspecified atom stereocenters. The molecule has 3 heteroatoms. The van der Waals surface area contributed by atoms with Gasteiger partial charge in [0.15, 0.2) is 0 Å². The van der Waals surface area contributed by atoms with Crippen LogP contribution in [0.15, 0.2) is 28.8 Å². The van der Waals surface area contributed by atoms with E-state index in [4.69, 9.17) is 4.52 Å². The Kier molecular flexibility index (Phi) is 2.81. The van der Waals surface area contributed by atoms with Crippen molar-refractivity contribution in [3.05, 3.63) is 42.6 Å². The minimum absolute atomic E-state index is 0.350. The van der Waals surface area contributed by atoms with Gasteiger partial charge in [-0.3, -0.25) is 0 Å². The van der Waals surface area contributed by atoms with Crippen LogP contribution in [0, 0.1) is 6.92 Å². The molecule has 1 heterocycles. The Morgan fingerprint density at radius 3 is 2.53 bits per heavy atom. The van der Waals surface area contributed by atoms with E-state index in [0.717, 1.165) is 18.4 Å².